The molecular weight excluding hydrogens is 208 g/mol. The predicted molar refractivity (Wildman–Crippen MR) is 73.9 cm³/mol. The smallest absolute Gasteiger partial charge is 0.0235 e. The summed E-state index contributed by atoms with van der Waals surface area (Å²) in [7, 11) is 2.20. The number of nitrogens with zero attached hydrogens (tertiary/aromatic N) is 2. The lowest BCUT2D eigenvalue weighted by Gasteiger charge is -2.32. The third-order valence-electron chi connectivity index (χ3n) is 3.31. The average molecular weight is 230 g/mol. The third-order valence-corrected chi connectivity index (χ3v) is 3.31. The summed E-state index contributed by atoms with van der Waals surface area (Å²) in [5.74, 6) is 0. The number of piperazine rings is 1. The number of benzene rings is 1. The molecule has 2 heteroatoms. The van der Waals surface area contributed by atoms with Crippen LogP contribution in [0.15, 0.2) is 30.3 Å². The van der Waals surface area contributed by atoms with Gasteiger partial charge in [-0.25, -0.2) is 0 Å². The lowest BCUT2D eigenvalue weighted by atomic mass is 10.1. The van der Waals surface area contributed by atoms with E-state index in [2.05, 4.69) is 60.2 Å². The van der Waals surface area contributed by atoms with E-state index in [0.29, 0.717) is 0 Å². The Bertz CT molecular complexity index is 376. The zero-order chi connectivity index (χ0) is 12.1. The highest BCUT2D eigenvalue weighted by molar-refractivity contribution is 5.49. The molecule has 0 amide bonds. The van der Waals surface area contributed by atoms with Gasteiger partial charge in [-0.2, -0.15) is 0 Å². The fourth-order valence-electron chi connectivity index (χ4n) is 2.25. The minimum atomic E-state index is 1.08. The monoisotopic (exact) mass is 230 g/mol. The lowest BCUT2D eigenvalue weighted by molar-refractivity contribution is 0.148. The number of rotatable bonds is 3. The summed E-state index contributed by atoms with van der Waals surface area (Å²) in [6.45, 7) is 7.89. The summed E-state index contributed by atoms with van der Waals surface area (Å²) in [6, 6.07) is 8.83. The fraction of sp³-hybridized carbons (Fsp3) is 0.467. The Hall–Kier alpha value is -1.12. The van der Waals surface area contributed by atoms with Gasteiger partial charge in [0.25, 0.3) is 0 Å². The van der Waals surface area contributed by atoms with Crippen molar-refractivity contribution >= 4 is 6.08 Å². The Morgan fingerprint density at radius 2 is 1.94 bits per heavy atom. The van der Waals surface area contributed by atoms with Crippen molar-refractivity contribution in [3.05, 3.63) is 41.5 Å². The van der Waals surface area contributed by atoms with Gasteiger partial charge in [0, 0.05) is 32.7 Å². The van der Waals surface area contributed by atoms with Crippen LogP contribution in [0, 0.1) is 0 Å². The summed E-state index contributed by atoms with van der Waals surface area (Å²) < 4.78 is 0. The number of likely N-dealkylation sites (N-methyl/N-ethyl adjacent to an activating group) is 1. The molecule has 1 heterocycles. The Kier molecular flexibility index (Phi) is 4.35. The molecule has 0 saturated carbocycles. The molecule has 0 unspecified atom stereocenters. The van der Waals surface area contributed by atoms with Gasteiger partial charge in [-0.1, -0.05) is 36.4 Å². The number of allylic oxidation sites excluding steroid dienone is 1. The van der Waals surface area contributed by atoms with E-state index in [9.17, 15) is 0 Å². The van der Waals surface area contributed by atoms with Gasteiger partial charge in [0.2, 0.25) is 0 Å². The Labute approximate surface area is 105 Å². The van der Waals surface area contributed by atoms with Crippen LogP contribution in [0.25, 0.3) is 6.08 Å². The molecule has 0 atom stereocenters. The van der Waals surface area contributed by atoms with Gasteiger partial charge in [-0.15, -0.1) is 0 Å². The first kappa shape index (κ1) is 12.3. The van der Waals surface area contributed by atoms with E-state index in [4.69, 9.17) is 0 Å². The molecule has 1 aliphatic rings. The van der Waals surface area contributed by atoms with Crippen molar-refractivity contribution in [2.75, 3.05) is 33.2 Å². The second-order valence-corrected chi connectivity index (χ2v) is 4.82. The molecule has 0 bridgehead atoms. The molecule has 17 heavy (non-hydrogen) atoms. The number of hydrogen-bond acceptors (Lipinski definition) is 2. The zero-order valence-corrected chi connectivity index (χ0v) is 10.9. The Morgan fingerprint density at radius 3 is 2.65 bits per heavy atom. The van der Waals surface area contributed by atoms with Crippen molar-refractivity contribution in [2.24, 2.45) is 0 Å². The molecule has 1 fully saturated rings. The summed E-state index contributed by atoms with van der Waals surface area (Å²) in [5, 5.41) is 0. The van der Waals surface area contributed by atoms with Crippen molar-refractivity contribution in [3.8, 4) is 0 Å². The normalized spacial score (nSPS) is 18.9. The molecule has 1 aromatic rings. The number of hydrogen-bond donors (Lipinski definition) is 0. The van der Waals surface area contributed by atoms with E-state index < -0.39 is 0 Å². The van der Waals surface area contributed by atoms with Crippen LogP contribution in [0.5, 0.6) is 0 Å². The molecule has 0 aromatic heterocycles. The molecule has 92 valence electrons. The Morgan fingerprint density at radius 1 is 1.18 bits per heavy atom. The molecule has 1 saturated heterocycles. The van der Waals surface area contributed by atoms with Gasteiger partial charge in [-0.3, -0.25) is 4.90 Å². The van der Waals surface area contributed by atoms with Crippen LogP contribution < -0.4 is 0 Å². The molecule has 0 spiro atoms. The molecule has 1 aliphatic heterocycles. The third kappa shape index (κ3) is 3.69. The summed E-state index contributed by atoms with van der Waals surface area (Å²) >= 11 is 0. The largest absolute Gasteiger partial charge is 0.304 e. The van der Waals surface area contributed by atoms with Crippen molar-refractivity contribution in [3.63, 3.8) is 0 Å². The van der Waals surface area contributed by atoms with E-state index in [0.717, 1.165) is 6.54 Å². The van der Waals surface area contributed by atoms with E-state index in [1.54, 1.807) is 0 Å². The SMILES string of the molecule is CC=Cc1cccc(CN2CCN(C)CC2)c1. The van der Waals surface area contributed by atoms with E-state index in [1.165, 1.54) is 37.3 Å². The first-order chi connectivity index (χ1) is 8.28. The standard InChI is InChI=1S/C15H22N2/c1-3-5-14-6-4-7-15(12-14)13-17-10-8-16(2)9-11-17/h3-7,12H,8-11,13H2,1-2H3. The second kappa shape index (κ2) is 5.99. The average Bonchev–Trinajstić information content (AvgIpc) is 2.33. The zero-order valence-electron chi connectivity index (χ0n) is 10.9. The quantitative estimate of drug-likeness (QED) is 0.787. The van der Waals surface area contributed by atoms with Crippen LogP contribution in [-0.4, -0.2) is 43.0 Å². The minimum absolute atomic E-state index is 1.08. The first-order valence-corrected chi connectivity index (χ1v) is 6.40. The van der Waals surface area contributed by atoms with Crippen LogP contribution in [0.4, 0.5) is 0 Å². The lowest BCUT2D eigenvalue weighted by Crippen LogP contribution is -2.43. The van der Waals surface area contributed by atoms with Crippen molar-refractivity contribution in [1.29, 1.82) is 0 Å². The molecule has 2 rings (SSSR count). The van der Waals surface area contributed by atoms with E-state index in [1.807, 2.05) is 0 Å². The first-order valence-electron chi connectivity index (χ1n) is 6.40. The highest BCUT2D eigenvalue weighted by atomic mass is 15.2. The highest BCUT2D eigenvalue weighted by Crippen LogP contribution is 2.11. The van der Waals surface area contributed by atoms with Crippen molar-refractivity contribution in [2.45, 2.75) is 13.5 Å². The summed E-state index contributed by atoms with van der Waals surface area (Å²) in [4.78, 5) is 4.93. The van der Waals surface area contributed by atoms with Crippen LogP contribution in [-0.2, 0) is 6.54 Å². The maximum absolute atomic E-state index is 2.54. The predicted octanol–water partition coefficient (Wildman–Crippen LogP) is 2.47. The molecule has 2 nitrogen and oxygen atoms in total. The van der Waals surface area contributed by atoms with Gasteiger partial charge < -0.3 is 4.90 Å². The van der Waals surface area contributed by atoms with Gasteiger partial charge >= 0.3 is 0 Å². The van der Waals surface area contributed by atoms with E-state index >= 15 is 0 Å². The minimum Gasteiger partial charge on any atom is -0.304 e. The van der Waals surface area contributed by atoms with Gasteiger partial charge in [0.1, 0.15) is 0 Å². The summed E-state index contributed by atoms with van der Waals surface area (Å²) in [5.41, 5.74) is 2.73. The molecule has 1 aromatic carbocycles. The second-order valence-electron chi connectivity index (χ2n) is 4.82. The molecule has 0 radical (unpaired) electrons. The van der Waals surface area contributed by atoms with Crippen LogP contribution in [0.2, 0.25) is 0 Å². The Balaban J connectivity index is 1.96. The maximum atomic E-state index is 2.54. The van der Waals surface area contributed by atoms with Crippen molar-refractivity contribution in [1.82, 2.24) is 9.80 Å². The van der Waals surface area contributed by atoms with E-state index in [-0.39, 0.29) is 0 Å². The van der Waals surface area contributed by atoms with Crippen LogP contribution in [0.3, 0.4) is 0 Å². The van der Waals surface area contributed by atoms with Gasteiger partial charge in [-0.05, 0) is 25.1 Å². The molecule has 0 N–H and O–H groups in total. The van der Waals surface area contributed by atoms with Gasteiger partial charge in [0.15, 0.2) is 0 Å². The highest BCUT2D eigenvalue weighted by Gasteiger charge is 2.13. The van der Waals surface area contributed by atoms with Crippen LogP contribution in [0.1, 0.15) is 18.1 Å². The van der Waals surface area contributed by atoms with Crippen molar-refractivity contribution < 1.29 is 0 Å². The molecular formula is C15H22N2. The van der Waals surface area contributed by atoms with Crippen LogP contribution >= 0.6 is 0 Å². The van der Waals surface area contributed by atoms with Gasteiger partial charge in [0.05, 0.1) is 0 Å². The maximum Gasteiger partial charge on any atom is 0.0235 e. The summed E-state index contributed by atoms with van der Waals surface area (Å²) in [6.07, 6.45) is 4.25. The topological polar surface area (TPSA) is 6.48 Å². The molecule has 0 aliphatic carbocycles. The fourth-order valence-corrected chi connectivity index (χ4v) is 2.25.